The molecule has 0 spiro atoms. The standard InChI is InChI=1S/C7H13N3O2/c1-9(2)6(11)4-10-3-5(8)7(10)12/h5H,3-4,8H2,1-2H3. The summed E-state index contributed by atoms with van der Waals surface area (Å²) in [5.74, 6) is -0.208. The van der Waals surface area contributed by atoms with Crippen molar-refractivity contribution in [1.29, 1.82) is 0 Å². The number of nitrogens with zero attached hydrogens (tertiary/aromatic N) is 2. The summed E-state index contributed by atoms with van der Waals surface area (Å²) in [6, 6.07) is -0.389. The first kappa shape index (κ1) is 8.99. The molecule has 1 heterocycles. The highest BCUT2D eigenvalue weighted by Crippen LogP contribution is 2.06. The van der Waals surface area contributed by atoms with E-state index in [2.05, 4.69) is 0 Å². The first-order valence-corrected chi connectivity index (χ1v) is 3.77. The van der Waals surface area contributed by atoms with Gasteiger partial charge in [0, 0.05) is 20.6 Å². The normalized spacial score (nSPS) is 22.1. The molecule has 2 amide bonds. The molecule has 1 aliphatic rings. The lowest BCUT2D eigenvalue weighted by molar-refractivity contribution is -0.147. The SMILES string of the molecule is CN(C)C(=O)CN1CC(N)C1=O. The van der Waals surface area contributed by atoms with E-state index in [-0.39, 0.29) is 24.4 Å². The van der Waals surface area contributed by atoms with Gasteiger partial charge in [0.1, 0.15) is 6.04 Å². The van der Waals surface area contributed by atoms with Crippen LogP contribution in [-0.4, -0.2) is 54.8 Å². The zero-order chi connectivity index (χ0) is 9.30. The van der Waals surface area contributed by atoms with Crippen LogP contribution in [0.25, 0.3) is 0 Å². The molecule has 1 unspecified atom stereocenters. The maximum absolute atomic E-state index is 11.1. The molecular formula is C7H13N3O2. The minimum Gasteiger partial charge on any atom is -0.347 e. The van der Waals surface area contributed by atoms with Crippen molar-refractivity contribution in [2.24, 2.45) is 5.73 Å². The van der Waals surface area contributed by atoms with Crippen LogP contribution in [-0.2, 0) is 9.59 Å². The molecule has 68 valence electrons. The number of hydrogen-bond acceptors (Lipinski definition) is 3. The highest BCUT2D eigenvalue weighted by molar-refractivity contribution is 5.91. The van der Waals surface area contributed by atoms with Crippen LogP contribution in [0.3, 0.4) is 0 Å². The first-order chi connectivity index (χ1) is 5.52. The molecule has 0 aromatic heterocycles. The van der Waals surface area contributed by atoms with Gasteiger partial charge in [-0.2, -0.15) is 0 Å². The van der Waals surface area contributed by atoms with Gasteiger partial charge in [-0.25, -0.2) is 0 Å². The van der Waals surface area contributed by atoms with E-state index in [0.717, 1.165) is 0 Å². The van der Waals surface area contributed by atoms with Crippen molar-refractivity contribution < 1.29 is 9.59 Å². The number of carbonyl (C=O) groups excluding carboxylic acids is 2. The number of carbonyl (C=O) groups is 2. The van der Waals surface area contributed by atoms with Gasteiger partial charge in [0.2, 0.25) is 11.8 Å². The Balaban J connectivity index is 2.35. The van der Waals surface area contributed by atoms with E-state index in [1.165, 1.54) is 9.80 Å². The number of likely N-dealkylation sites (tertiary alicyclic amines) is 1. The number of hydrogen-bond donors (Lipinski definition) is 1. The molecule has 12 heavy (non-hydrogen) atoms. The van der Waals surface area contributed by atoms with Crippen molar-refractivity contribution >= 4 is 11.8 Å². The fourth-order valence-electron chi connectivity index (χ4n) is 0.975. The van der Waals surface area contributed by atoms with E-state index in [9.17, 15) is 9.59 Å². The van der Waals surface area contributed by atoms with Crippen LogP contribution < -0.4 is 5.73 Å². The van der Waals surface area contributed by atoms with Crippen LogP contribution in [0.5, 0.6) is 0 Å². The van der Waals surface area contributed by atoms with Crippen molar-refractivity contribution in [1.82, 2.24) is 9.80 Å². The number of amides is 2. The number of β-lactam (4-membered cyclic amide) rings is 1. The van der Waals surface area contributed by atoms with Gasteiger partial charge in [0.25, 0.3) is 0 Å². The number of nitrogens with two attached hydrogens (primary N) is 1. The molecule has 0 aromatic carbocycles. The van der Waals surface area contributed by atoms with Crippen molar-refractivity contribution in [3.05, 3.63) is 0 Å². The van der Waals surface area contributed by atoms with Gasteiger partial charge in [-0.15, -0.1) is 0 Å². The fourth-order valence-corrected chi connectivity index (χ4v) is 0.975. The molecule has 0 bridgehead atoms. The molecule has 0 saturated carbocycles. The minimum atomic E-state index is -0.389. The van der Waals surface area contributed by atoms with Crippen LogP contribution in [0.4, 0.5) is 0 Å². The third-order valence-corrected chi connectivity index (χ3v) is 1.87. The van der Waals surface area contributed by atoms with Crippen molar-refractivity contribution in [3.63, 3.8) is 0 Å². The van der Waals surface area contributed by atoms with Gasteiger partial charge in [-0.3, -0.25) is 9.59 Å². The van der Waals surface area contributed by atoms with Crippen molar-refractivity contribution in [2.45, 2.75) is 6.04 Å². The Labute approximate surface area is 71.1 Å². The lowest BCUT2D eigenvalue weighted by Gasteiger charge is -2.35. The van der Waals surface area contributed by atoms with E-state index in [1.807, 2.05) is 0 Å². The molecule has 5 heteroatoms. The Hall–Kier alpha value is -1.10. The van der Waals surface area contributed by atoms with Gasteiger partial charge in [-0.05, 0) is 0 Å². The average Bonchev–Trinajstić information content (AvgIpc) is 2.03. The molecule has 1 fully saturated rings. The van der Waals surface area contributed by atoms with Crippen LogP contribution in [0.2, 0.25) is 0 Å². The Bertz CT molecular complexity index is 215. The van der Waals surface area contributed by atoms with Crippen LogP contribution in [0.15, 0.2) is 0 Å². The summed E-state index contributed by atoms with van der Waals surface area (Å²) in [6.45, 7) is 0.651. The summed E-state index contributed by atoms with van der Waals surface area (Å²) in [7, 11) is 3.32. The van der Waals surface area contributed by atoms with Crippen molar-refractivity contribution in [3.8, 4) is 0 Å². The van der Waals surface area contributed by atoms with Gasteiger partial charge < -0.3 is 15.5 Å². The van der Waals surface area contributed by atoms with E-state index in [4.69, 9.17) is 5.73 Å². The molecule has 2 N–H and O–H groups in total. The third kappa shape index (κ3) is 1.55. The molecule has 1 aliphatic heterocycles. The second-order valence-corrected chi connectivity index (χ2v) is 3.11. The fraction of sp³-hybridized carbons (Fsp3) is 0.714. The largest absolute Gasteiger partial charge is 0.347 e. The Morgan fingerprint density at radius 3 is 2.67 bits per heavy atom. The highest BCUT2D eigenvalue weighted by Gasteiger charge is 2.34. The second-order valence-electron chi connectivity index (χ2n) is 3.11. The number of likely N-dealkylation sites (N-methyl/N-ethyl adjacent to an activating group) is 1. The minimum absolute atomic E-state index is 0.0738. The molecule has 1 atom stereocenters. The van der Waals surface area contributed by atoms with Crippen LogP contribution >= 0.6 is 0 Å². The zero-order valence-electron chi connectivity index (χ0n) is 7.28. The van der Waals surface area contributed by atoms with Crippen LogP contribution in [0.1, 0.15) is 0 Å². The summed E-state index contributed by atoms with van der Waals surface area (Å²) in [6.07, 6.45) is 0. The van der Waals surface area contributed by atoms with Crippen molar-refractivity contribution in [2.75, 3.05) is 27.2 Å². The lowest BCUT2D eigenvalue weighted by Crippen LogP contribution is -2.62. The summed E-state index contributed by atoms with van der Waals surface area (Å²) >= 11 is 0. The molecule has 5 nitrogen and oxygen atoms in total. The molecular weight excluding hydrogens is 158 g/mol. The third-order valence-electron chi connectivity index (χ3n) is 1.87. The number of rotatable bonds is 2. The Morgan fingerprint density at radius 1 is 1.75 bits per heavy atom. The molecule has 0 aliphatic carbocycles. The van der Waals surface area contributed by atoms with Gasteiger partial charge >= 0.3 is 0 Å². The summed E-state index contributed by atoms with van der Waals surface area (Å²) in [5, 5.41) is 0. The topological polar surface area (TPSA) is 66.6 Å². The average molecular weight is 171 g/mol. The highest BCUT2D eigenvalue weighted by atomic mass is 16.2. The van der Waals surface area contributed by atoms with Gasteiger partial charge in [-0.1, -0.05) is 0 Å². The monoisotopic (exact) mass is 171 g/mol. The first-order valence-electron chi connectivity index (χ1n) is 3.77. The van der Waals surface area contributed by atoms with E-state index in [0.29, 0.717) is 6.54 Å². The molecule has 1 rings (SSSR count). The Kier molecular flexibility index (Phi) is 2.32. The molecule has 0 radical (unpaired) electrons. The smallest absolute Gasteiger partial charge is 0.241 e. The quantitative estimate of drug-likeness (QED) is 0.501. The predicted molar refractivity (Wildman–Crippen MR) is 43.2 cm³/mol. The Morgan fingerprint density at radius 2 is 2.33 bits per heavy atom. The second kappa shape index (κ2) is 3.10. The maximum Gasteiger partial charge on any atom is 0.241 e. The lowest BCUT2D eigenvalue weighted by atomic mass is 10.1. The molecule has 0 aromatic rings. The maximum atomic E-state index is 11.1. The van der Waals surface area contributed by atoms with E-state index < -0.39 is 0 Å². The summed E-state index contributed by atoms with van der Waals surface area (Å²) < 4.78 is 0. The van der Waals surface area contributed by atoms with E-state index in [1.54, 1.807) is 14.1 Å². The predicted octanol–water partition coefficient (Wildman–Crippen LogP) is -1.76. The van der Waals surface area contributed by atoms with E-state index >= 15 is 0 Å². The van der Waals surface area contributed by atoms with Crippen LogP contribution in [0, 0.1) is 0 Å². The summed E-state index contributed by atoms with van der Waals surface area (Å²) in [5.41, 5.74) is 5.35. The summed E-state index contributed by atoms with van der Waals surface area (Å²) in [4.78, 5) is 24.9. The van der Waals surface area contributed by atoms with Gasteiger partial charge in [0.05, 0.1) is 6.54 Å². The zero-order valence-corrected chi connectivity index (χ0v) is 7.28. The molecule has 1 saturated heterocycles. The van der Waals surface area contributed by atoms with Gasteiger partial charge in [0.15, 0.2) is 0 Å².